The molecule has 0 bridgehead atoms. The first kappa shape index (κ1) is 15.4. The summed E-state index contributed by atoms with van der Waals surface area (Å²) in [6.45, 7) is 3.77. The molecular formula is C16H21NO4. The Kier molecular flexibility index (Phi) is 4.83. The first-order valence-electron chi connectivity index (χ1n) is 7.22. The van der Waals surface area contributed by atoms with Gasteiger partial charge in [-0.25, -0.2) is 9.59 Å². The van der Waals surface area contributed by atoms with E-state index in [1.54, 1.807) is 0 Å². The van der Waals surface area contributed by atoms with Crippen LogP contribution in [-0.2, 0) is 16.1 Å². The molecule has 0 aliphatic heterocycles. The van der Waals surface area contributed by atoms with E-state index in [0.717, 1.165) is 18.4 Å². The minimum absolute atomic E-state index is 0.0502. The number of nitrogens with zero attached hydrogens (tertiary/aromatic N) is 1. The third-order valence-corrected chi connectivity index (χ3v) is 3.59. The number of hydrogen-bond acceptors (Lipinski definition) is 3. The highest BCUT2D eigenvalue weighted by Crippen LogP contribution is 2.36. The van der Waals surface area contributed by atoms with Gasteiger partial charge < -0.3 is 9.84 Å². The van der Waals surface area contributed by atoms with E-state index in [0.29, 0.717) is 0 Å². The summed E-state index contributed by atoms with van der Waals surface area (Å²) >= 11 is 0. The summed E-state index contributed by atoms with van der Waals surface area (Å²) in [7, 11) is 0. The molecule has 0 saturated heterocycles. The van der Waals surface area contributed by atoms with Crippen molar-refractivity contribution in [3.8, 4) is 0 Å². The summed E-state index contributed by atoms with van der Waals surface area (Å²) in [5.41, 5.74) is 0.882. The second-order valence-corrected chi connectivity index (χ2v) is 5.66. The summed E-state index contributed by atoms with van der Waals surface area (Å²) in [5.74, 6) is -0.906. The van der Waals surface area contributed by atoms with Gasteiger partial charge in [0.25, 0.3) is 0 Å². The topological polar surface area (TPSA) is 66.8 Å². The molecule has 1 fully saturated rings. The van der Waals surface area contributed by atoms with Gasteiger partial charge in [-0.1, -0.05) is 30.3 Å². The number of benzene rings is 1. The lowest BCUT2D eigenvalue weighted by Crippen LogP contribution is -2.50. The van der Waals surface area contributed by atoms with Crippen LogP contribution in [0.4, 0.5) is 4.79 Å². The molecule has 5 nitrogen and oxygen atoms in total. The zero-order chi connectivity index (χ0) is 15.4. The van der Waals surface area contributed by atoms with Gasteiger partial charge in [0, 0.05) is 6.04 Å². The predicted octanol–water partition coefficient (Wildman–Crippen LogP) is 2.90. The highest BCUT2D eigenvalue weighted by Gasteiger charge is 2.44. The molecule has 21 heavy (non-hydrogen) atoms. The maximum atomic E-state index is 12.3. The number of ether oxygens (including phenoxy) is 1. The Balaban J connectivity index is 2.03. The van der Waals surface area contributed by atoms with E-state index in [2.05, 4.69) is 0 Å². The van der Waals surface area contributed by atoms with E-state index in [1.165, 1.54) is 4.90 Å². The standard InChI is InChI=1S/C16H21NO4/c1-11(2)17(14(15(18)19)13-8-9-13)16(20)21-10-12-6-4-3-5-7-12/h3-7,11,13-14H,8-10H2,1-2H3,(H,18,19). The van der Waals surface area contributed by atoms with E-state index < -0.39 is 18.1 Å². The molecule has 2 rings (SSSR count). The number of amides is 1. The smallest absolute Gasteiger partial charge is 0.411 e. The third kappa shape index (κ3) is 3.97. The Morgan fingerprint density at radius 1 is 1.29 bits per heavy atom. The minimum atomic E-state index is -0.956. The van der Waals surface area contributed by atoms with Crippen LogP contribution in [0.5, 0.6) is 0 Å². The lowest BCUT2D eigenvalue weighted by molar-refractivity contribution is -0.144. The summed E-state index contributed by atoms with van der Waals surface area (Å²) in [5, 5.41) is 9.39. The number of carbonyl (C=O) groups is 2. The van der Waals surface area contributed by atoms with E-state index in [9.17, 15) is 14.7 Å². The van der Waals surface area contributed by atoms with E-state index in [4.69, 9.17) is 4.74 Å². The quantitative estimate of drug-likeness (QED) is 0.875. The average molecular weight is 291 g/mol. The van der Waals surface area contributed by atoms with Gasteiger partial charge in [0.15, 0.2) is 0 Å². The van der Waals surface area contributed by atoms with Crippen molar-refractivity contribution in [1.29, 1.82) is 0 Å². The highest BCUT2D eigenvalue weighted by molar-refractivity contribution is 5.81. The van der Waals surface area contributed by atoms with E-state index >= 15 is 0 Å². The number of rotatable bonds is 6. The molecule has 1 unspecified atom stereocenters. The molecule has 1 amide bonds. The van der Waals surface area contributed by atoms with Gasteiger partial charge in [0.1, 0.15) is 12.6 Å². The minimum Gasteiger partial charge on any atom is -0.480 e. The molecular weight excluding hydrogens is 270 g/mol. The van der Waals surface area contributed by atoms with Crippen LogP contribution in [-0.4, -0.2) is 34.2 Å². The largest absolute Gasteiger partial charge is 0.480 e. The molecule has 1 aliphatic carbocycles. The second-order valence-electron chi connectivity index (χ2n) is 5.66. The summed E-state index contributed by atoms with van der Waals surface area (Å²) in [6, 6.07) is 8.36. The highest BCUT2D eigenvalue weighted by atomic mass is 16.6. The fourth-order valence-electron chi connectivity index (χ4n) is 2.40. The Bertz CT molecular complexity index is 496. The molecule has 1 aromatic rings. The van der Waals surface area contributed by atoms with Crippen LogP contribution in [0.25, 0.3) is 0 Å². The van der Waals surface area contributed by atoms with Crippen LogP contribution in [0.15, 0.2) is 30.3 Å². The average Bonchev–Trinajstić information content (AvgIpc) is 3.26. The van der Waals surface area contributed by atoms with Gasteiger partial charge in [-0.2, -0.15) is 0 Å². The van der Waals surface area contributed by atoms with Crippen LogP contribution in [0.3, 0.4) is 0 Å². The van der Waals surface area contributed by atoms with E-state index in [-0.39, 0.29) is 18.6 Å². The van der Waals surface area contributed by atoms with Crippen molar-refractivity contribution < 1.29 is 19.4 Å². The maximum Gasteiger partial charge on any atom is 0.411 e. The van der Waals surface area contributed by atoms with Gasteiger partial charge in [-0.3, -0.25) is 4.90 Å². The number of aliphatic carboxylic acids is 1. The molecule has 0 radical (unpaired) electrons. The van der Waals surface area contributed by atoms with Crippen LogP contribution in [0, 0.1) is 5.92 Å². The van der Waals surface area contributed by atoms with Crippen LogP contribution in [0.1, 0.15) is 32.3 Å². The lowest BCUT2D eigenvalue weighted by Gasteiger charge is -2.31. The molecule has 1 saturated carbocycles. The Morgan fingerprint density at radius 2 is 1.90 bits per heavy atom. The van der Waals surface area contributed by atoms with E-state index in [1.807, 2.05) is 44.2 Å². The Hall–Kier alpha value is -2.04. The van der Waals surface area contributed by atoms with Crippen LogP contribution in [0.2, 0.25) is 0 Å². The number of carboxylic acids is 1. The van der Waals surface area contributed by atoms with Crippen molar-refractivity contribution in [2.24, 2.45) is 5.92 Å². The fraction of sp³-hybridized carbons (Fsp3) is 0.500. The molecule has 1 aliphatic rings. The van der Waals surface area contributed by atoms with Gasteiger partial charge in [0.05, 0.1) is 0 Å². The van der Waals surface area contributed by atoms with Crippen LogP contribution < -0.4 is 0 Å². The molecule has 5 heteroatoms. The van der Waals surface area contributed by atoms with Gasteiger partial charge in [-0.05, 0) is 38.2 Å². The first-order valence-corrected chi connectivity index (χ1v) is 7.22. The normalized spacial score (nSPS) is 15.6. The molecule has 0 spiro atoms. The van der Waals surface area contributed by atoms with Crippen molar-refractivity contribution >= 4 is 12.1 Å². The van der Waals surface area contributed by atoms with Crippen molar-refractivity contribution in [1.82, 2.24) is 4.90 Å². The second kappa shape index (κ2) is 6.61. The zero-order valence-corrected chi connectivity index (χ0v) is 12.4. The molecule has 0 heterocycles. The lowest BCUT2D eigenvalue weighted by atomic mass is 10.1. The maximum absolute atomic E-state index is 12.3. The first-order chi connectivity index (χ1) is 10.0. The summed E-state index contributed by atoms with van der Waals surface area (Å²) in [6.07, 6.45) is 1.14. The fourth-order valence-corrected chi connectivity index (χ4v) is 2.40. The van der Waals surface area contributed by atoms with Gasteiger partial charge in [0.2, 0.25) is 0 Å². The monoisotopic (exact) mass is 291 g/mol. The summed E-state index contributed by atoms with van der Waals surface area (Å²) in [4.78, 5) is 25.1. The Labute approximate surface area is 124 Å². The Morgan fingerprint density at radius 3 is 2.38 bits per heavy atom. The SMILES string of the molecule is CC(C)N(C(=O)OCc1ccccc1)C(C(=O)O)C1CC1. The third-order valence-electron chi connectivity index (χ3n) is 3.59. The molecule has 1 N–H and O–H groups in total. The number of hydrogen-bond donors (Lipinski definition) is 1. The molecule has 1 aromatic carbocycles. The van der Waals surface area contributed by atoms with Crippen LogP contribution >= 0.6 is 0 Å². The van der Waals surface area contributed by atoms with Gasteiger partial charge in [-0.15, -0.1) is 0 Å². The van der Waals surface area contributed by atoms with Crippen molar-refractivity contribution in [2.75, 3.05) is 0 Å². The molecule has 114 valence electrons. The van der Waals surface area contributed by atoms with Crippen molar-refractivity contribution in [3.63, 3.8) is 0 Å². The zero-order valence-electron chi connectivity index (χ0n) is 12.4. The molecule has 0 aromatic heterocycles. The molecule has 1 atom stereocenters. The predicted molar refractivity (Wildman–Crippen MR) is 77.7 cm³/mol. The number of carboxylic acid groups (broad SMARTS) is 1. The van der Waals surface area contributed by atoms with Crippen molar-refractivity contribution in [2.45, 2.75) is 45.4 Å². The summed E-state index contributed by atoms with van der Waals surface area (Å²) < 4.78 is 5.28. The van der Waals surface area contributed by atoms with Gasteiger partial charge >= 0.3 is 12.1 Å². The van der Waals surface area contributed by atoms with Crippen molar-refractivity contribution in [3.05, 3.63) is 35.9 Å². The number of carbonyl (C=O) groups excluding carboxylic acids is 1.